The summed E-state index contributed by atoms with van der Waals surface area (Å²) >= 11 is 0. The Morgan fingerprint density at radius 1 is 1.24 bits per heavy atom. The Hall–Kier alpha value is -2.29. The van der Waals surface area contributed by atoms with Gasteiger partial charge in [0.1, 0.15) is 5.75 Å². The van der Waals surface area contributed by atoms with E-state index in [2.05, 4.69) is 6.07 Å². The molecule has 0 bridgehead atoms. The lowest BCUT2D eigenvalue weighted by Crippen LogP contribution is -1.95. The van der Waals surface area contributed by atoms with Crippen molar-refractivity contribution in [3.63, 3.8) is 0 Å². The number of aromatic carboxylic acids is 1. The lowest BCUT2D eigenvalue weighted by atomic mass is 10.0. The van der Waals surface area contributed by atoms with Crippen LogP contribution in [0.4, 0.5) is 0 Å². The highest BCUT2D eigenvalue weighted by Gasteiger charge is 2.03. The first kappa shape index (κ1) is 11.2. The number of hydrogen-bond acceptors (Lipinski definition) is 2. The standard InChI is InChI=1S/C14H11O3/c1-17-13-4-2-3-12(9-13)10-5-7-11(8-6-10)14(15)16/h2,4-9H,1H3,(H,15,16). The van der Waals surface area contributed by atoms with Crippen molar-refractivity contribution in [3.05, 3.63) is 54.1 Å². The second kappa shape index (κ2) is 4.70. The topological polar surface area (TPSA) is 46.5 Å². The van der Waals surface area contributed by atoms with Crippen LogP contribution in [0.1, 0.15) is 10.4 Å². The molecule has 0 unspecified atom stereocenters. The van der Waals surface area contributed by atoms with Crippen LogP contribution in [0, 0.1) is 6.07 Å². The molecule has 2 rings (SSSR count). The molecule has 0 aliphatic heterocycles. The molecular formula is C14H11O3. The minimum Gasteiger partial charge on any atom is -0.497 e. The van der Waals surface area contributed by atoms with Gasteiger partial charge < -0.3 is 9.84 Å². The van der Waals surface area contributed by atoms with Crippen LogP contribution >= 0.6 is 0 Å². The molecule has 85 valence electrons. The van der Waals surface area contributed by atoms with E-state index in [-0.39, 0.29) is 5.56 Å². The first-order valence-corrected chi connectivity index (χ1v) is 5.10. The molecule has 0 saturated carbocycles. The third kappa shape index (κ3) is 2.45. The summed E-state index contributed by atoms with van der Waals surface area (Å²) in [5.41, 5.74) is 2.06. The third-order valence-corrected chi connectivity index (χ3v) is 2.45. The van der Waals surface area contributed by atoms with E-state index >= 15 is 0 Å². The van der Waals surface area contributed by atoms with Crippen molar-refractivity contribution in [2.75, 3.05) is 7.11 Å². The lowest BCUT2D eigenvalue weighted by Gasteiger charge is -2.04. The molecule has 0 aliphatic rings. The van der Waals surface area contributed by atoms with E-state index < -0.39 is 5.97 Å². The molecule has 0 heterocycles. The third-order valence-electron chi connectivity index (χ3n) is 2.45. The highest BCUT2D eigenvalue weighted by atomic mass is 16.5. The fourth-order valence-electron chi connectivity index (χ4n) is 1.53. The summed E-state index contributed by atoms with van der Waals surface area (Å²) in [6, 6.07) is 15.2. The summed E-state index contributed by atoms with van der Waals surface area (Å²) in [7, 11) is 1.60. The molecule has 2 aromatic rings. The predicted octanol–water partition coefficient (Wildman–Crippen LogP) is 2.86. The van der Waals surface area contributed by atoms with Crippen LogP contribution in [0.25, 0.3) is 11.1 Å². The Morgan fingerprint density at radius 3 is 2.53 bits per heavy atom. The first-order chi connectivity index (χ1) is 8.20. The van der Waals surface area contributed by atoms with Gasteiger partial charge in [0.2, 0.25) is 0 Å². The van der Waals surface area contributed by atoms with Crippen LogP contribution in [0.15, 0.2) is 42.5 Å². The number of hydrogen-bond donors (Lipinski definition) is 1. The van der Waals surface area contributed by atoms with Gasteiger partial charge >= 0.3 is 5.97 Å². The van der Waals surface area contributed by atoms with Gasteiger partial charge in [-0.1, -0.05) is 18.2 Å². The van der Waals surface area contributed by atoms with Gasteiger partial charge in [-0.15, -0.1) is 0 Å². The van der Waals surface area contributed by atoms with E-state index in [1.165, 1.54) is 0 Å². The Balaban J connectivity index is 2.36. The molecule has 0 aliphatic carbocycles. The van der Waals surface area contributed by atoms with Gasteiger partial charge in [0.15, 0.2) is 0 Å². The van der Waals surface area contributed by atoms with E-state index in [1.54, 1.807) is 37.4 Å². The zero-order chi connectivity index (χ0) is 12.3. The molecule has 0 atom stereocenters. The average molecular weight is 227 g/mol. The summed E-state index contributed by atoms with van der Waals surface area (Å²) in [6.45, 7) is 0. The van der Waals surface area contributed by atoms with Crippen LogP contribution in [-0.4, -0.2) is 18.2 Å². The van der Waals surface area contributed by atoms with Crippen LogP contribution in [0.2, 0.25) is 0 Å². The van der Waals surface area contributed by atoms with Gasteiger partial charge in [0, 0.05) is 0 Å². The number of ether oxygens (including phenoxy) is 1. The fourth-order valence-corrected chi connectivity index (χ4v) is 1.53. The summed E-state index contributed by atoms with van der Waals surface area (Å²) in [5.74, 6) is -0.174. The number of carbonyl (C=O) groups is 1. The molecule has 0 spiro atoms. The van der Waals surface area contributed by atoms with E-state index in [0.717, 1.165) is 16.9 Å². The maximum Gasteiger partial charge on any atom is 0.335 e. The Morgan fingerprint density at radius 2 is 1.94 bits per heavy atom. The molecule has 0 amide bonds. The van der Waals surface area contributed by atoms with Crippen LogP contribution in [-0.2, 0) is 0 Å². The number of benzene rings is 2. The molecule has 17 heavy (non-hydrogen) atoms. The quantitative estimate of drug-likeness (QED) is 0.877. The molecule has 0 saturated heterocycles. The van der Waals surface area contributed by atoms with E-state index in [9.17, 15) is 4.79 Å². The van der Waals surface area contributed by atoms with Crippen LogP contribution in [0.5, 0.6) is 5.75 Å². The first-order valence-electron chi connectivity index (χ1n) is 5.10. The molecule has 2 aromatic carbocycles. The molecule has 1 radical (unpaired) electrons. The summed E-state index contributed by atoms with van der Waals surface area (Å²) < 4.78 is 5.12. The Kier molecular flexibility index (Phi) is 3.10. The van der Waals surface area contributed by atoms with E-state index in [4.69, 9.17) is 9.84 Å². The molecule has 3 nitrogen and oxygen atoms in total. The Bertz CT molecular complexity index is 529. The van der Waals surface area contributed by atoms with Gasteiger partial charge in [-0.25, -0.2) is 4.79 Å². The van der Waals surface area contributed by atoms with Crippen molar-refractivity contribution < 1.29 is 14.6 Å². The number of carboxylic acids is 1. The average Bonchev–Trinajstić information content (AvgIpc) is 2.39. The fraction of sp³-hybridized carbons (Fsp3) is 0.0714. The monoisotopic (exact) mass is 227 g/mol. The SMILES string of the molecule is COc1cc[c]c(-c2ccc(C(=O)O)cc2)c1. The zero-order valence-electron chi connectivity index (χ0n) is 9.31. The van der Waals surface area contributed by atoms with E-state index in [1.807, 2.05) is 12.1 Å². The van der Waals surface area contributed by atoms with Crippen molar-refractivity contribution in [1.29, 1.82) is 0 Å². The highest BCUT2D eigenvalue weighted by Crippen LogP contribution is 2.23. The molecule has 0 aromatic heterocycles. The highest BCUT2D eigenvalue weighted by molar-refractivity contribution is 5.88. The molecule has 1 N–H and O–H groups in total. The van der Waals surface area contributed by atoms with E-state index in [0.29, 0.717) is 0 Å². The second-order valence-corrected chi connectivity index (χ2v) is 3.52. The maximum atomic E-state index is 10.7. The predicted molar refractivity (Wildman–Crippen MR) is 64.2 cm³/mol. The van der Waals surface area contributed by atoms with Crippen molar-refractivity contribution in [1.82, 2.24) is 0 Å². The number of rotatable bonds is 3. The lowest BCUT2D eigenvalue weighted by molar-refractivity contribution is 0.0697. The summed E-state index contributed by atoms with van der Waals surface area (Å²) in [4.78, 5) is 10.7. The van der Waals surface area contributed by atoms with Crippen molar-refractivity contribution >= 4 is 5.97 Å². The minimum absolute atomic E-state index is 0.275. The normalized spacial score (nSPS) is 9.94. The van der Waals surface area contributed by atoms with Gasteiger partial charge in [-0.05, 0) is 41.5 Å². The van der Waals surface area contributed by atoms with Gasteiger partial charge in [-0.3, -0.25) is 0 Å². The number of carboxylic acid groups (broad SMARTS) is 1. The summed E-state index contributed by atoms with van der Waals surface area (Å²) in [5, 5.41) is 8.80. The van der Waals surface area contributed by atoms with Gasteiger partial charge in [-0.2, -0.15) is 0 Å². The Labute approximate surface area is 99.3 Å². The van der Waals surface area contributed by atoms with Crippen LogP contribution < -0.4 is 4.74 Å². The second-order valence-electron chi connectivity index (χ2n) is 3.52. The molecular weight excluding hydrogens is 216 g/mol. The van der Waals surface area contributed by atoms with Crippen LogP contribution in [0.3, 0.4) is 0 Å². The van der Waals surface area contributed by atoms with Crippen molar-refractivity contribution in [2.24, 2.45) is 0 Å². The smallest absolute Gasteiger partial charge is 0.335 e. The largest absolute Gasteiger partial charge is 0.497 e. The van der Waals surface area contributed by atoms with Gasteiger partial charge in [0.05, 0.1) is 12.7 Å². The van der Waals surface area contributed by atoms with Crippen molar-refractivity contribution in [2.45, 2.75) is 0 Å². The maximum absolute atomic E-state index is 10.7. The van der Waals surface area contributed by atoms with Gasteiger partial charge in [0.25, 0.3) is 0 Å². The molecule has 0 fully saturated rings. The molecule has 3 heteroatoms. The van der Waals surface area contributed by atoms with Crippen molar-refractivity contribution in [3.8, 4) is 16.9 Å². The minimum atomic E-state index is -0.925. The summed E-state index contributed by atoms with van der Waals surface area (Å²) in [6.07, 6.45) is 0. The zero-order valence-corrected chi connectivity index (χ0v) is 9.31. The number of methoxy groups -OCH3 is 1.